The van der Waals surface area contributed by atoms with E-state index in [0.29, 0.717) is 18.9 Å². The molecule has 1 rings (SSSR count). The van der Waals surface area contributed by atoms with Crippen LogP contribution in [0.5, 0.6) is 0 Å². The Morgan fingerprint density at radius 2 is 1.96 bits per heavy atom. The number of benzene rings is 1. The number of sulfone groups is 1. The smallest absolute Gasteiger partial charge is 0.191 e. The lowest BCUT2D eigenvalue weighted by molar-refractivity contribution is 0.598. The molecule has 0 fully saturated rings. The maximum atomic E-state index is 11.1. The van der Waals surface area contributed by atoms with Gasteiger partial charge in [0.15, 0.2) is 5.96 Å². The molecule has 24 heavy (non-hydrogen) atoms. The maximum Gasteiger partial charge on any atom is 0.191 e. The highest BCUT2D eigenvalue weighted by Crippen LogP contribution is 2.14. The highest BCUT2D eigenvalue weighted by atomic mass is 32.2. The Morgan fingerprint density at radius 1 is 1.25 bits per heavy atom. The van der Waals surface area contributed by atoms with Crippen LogP contribution in [0.3, 0.4) is 0 Å². The number of aryl methyl sites for hydroxylation is 1. The molecule has 136 valence electrons. The Kier molecular flexibility index (Phi) is 8.60. The van der Waals surface area contributed by atoms with E-state index in [4.69, 9.17) is 0 Å². The average molecular weight is 355 g/mol. The number of hydrogen-bond donors (Lipinski definition) is 2. The Bertz CT molecular complexity index is 629. The molecule has 7 heteroatoms. The number of hydrogen-bond acceptors (Lipinski definition) is 4. The van der Waals surface area contributed by atoms with Crippen LogP contribution < -0.4 is 15.5 Å². The molecule has 0 saturated heterocycles. The molecular weight excluding hydrogens is 324 g/mol. The van der Waals surface area contributed by atoms with Crippen LogP contribution in [-0.2, 0) is 9.84 Å². The lowest BCUT2D eigenvalue weighted by Gasteiger charge is -2.24. The fraction of sp³-hybridized carbons (Fsp3) is 0.588. The molecule has 0 aromatic heterocycles. The molecule has 0 aliphatic heterocycles. The van der Waals surface area contributed by atoms with Crippen molar-refractivity contribution in [3.8, 4) is 0 Å². The molecule has 6 nitrogen and oxygen atoms in total. The molecule has 0 bridgehead atoms. The van der Waals surface area contributed by atoms with Gasteiger partial charge >= 0.3 is 0 Å². The maximum absolute atomic E-state index is 11.1. The fourth-order valence-corrected chi connectivity index (χ4v) is 3.03. The van der Waals surface area contributed by atoms with E-state index in [2.05, 4.69) is 58.6 Å². The van der Waals surface area contributed by atoms with Gasteiger partial charge in [-0.1, -0.05) is 12.1 Å². The first kappa shape index (κ1) is 20.3. The molecule has 0 amide bonds. The van der Waals surface area contributed by atoms with E-state index in [1.165, 1.54) is 17.5 Å². The summed E-state index contributed by atoms with van der Waals surface area (Å²) >= 11 is 0. The molecule has 0 radical (unpaired) electrons. The standard InChI is InChI=1S/C17H30N4O2S/c1-5-21(16-9-6-8-15(2)14-16)12-11-20-17(18-3)19-10-7-13-24(4,22)23/h6,8-9,14H,5,7,10-13H2,1-4H3,(H2,18,19,20). The molecule has 2 N–H and O–H groups in total. The minimum Gasteiger partial charge on any atom is -0.370 e. The van der Waals surface area contributed by atoms with Gasteiger partial charge in [-0.2, -0.15) is 0 Å². The Labute approximate surface area is 146 Å². The SMILES string of the molecule is CCN(CCNC(=NC)NCCCS(C)(=O)=O)c1cccc(C)c1. The molecule has 0 spiro atoms. The van der Waals surface area contributed by atoms with E-state index in [1.54, 1.807) is 7.05 Å². The molecule has 0 atom stereocenters. The molecule has 0 aliphatic carbocycles. The Morgan fingerprint density at radius 3 is 2.54 bits per heavy atom. The van der Waals surface area contributed by atoms with Crippen molar-refractivity contribution in [1.82, 2.24) is 10.6 Å². The average Bonchev–Trinajstić information content (AvgIpc) is 2.52. The fourth-order valence-electron chi connectivity index (χ4n) is 2.37. The zero-order valence-corrected chi connectivity index (χ0v) is 16.0. The second kappa shape index (κ2) is 10.2. The number of rotatable bonds is 9. The second-order valence-electron chi connectivity index (χ2n) is 5.83. The molecule has 0 heterocycles. The van der Waals surface area contributed by atoms with Crippen molar-refractivity contribution in [3.05, 3.63) is 29.8 Å². The lowest BCUT2D eigenvalue weighted by Crippen LogP contribution is -2.42. The lowest BCUT2D eigenvalue weighted by atomic mass is 10.2. The Hall–Kier alpha value is -1.76. The van der Waals surface area contributed by atoms with Crippen LogP contribution in [0.4, 0.5) is 5.69 Å². The summed E-state index contributed by atoms with van der Waals surface area (Å²) < 4.78 is 22.2. The van der Waals surface area contributed by atoms with E-state index in [1.807, 2.05) is 0 Å². The quantitative estimate of drug-likeness (QED) is 0.399. The van der Waals surface area contributed by atoms with Crippen LogP contribution in [0, 0.1) is 6.92 Å². The molecule has 1 aromatic rings. The molecule has 0 aliphatic rings. The summed E-state index contributed by atoms with van der Waals surface area (Å²) in [5, 5.41) is 6.40. The van der Waals surface area contributed by atoms with Gasteiger partial charge < -0.3 is 15.5 Å². The van der Waals surface area contributed by atoms with Gasteiger partial charge in [0.1, 0.15) is 9.84 Å². The van der Waals surface area contributed by atoms with E-state index in [9.17, 15) is 8.42 Å². The van der Waals surface area contributed by atoms with Crippen LogP contribution in [0.1, 0.15) is 18.9 Å². The number of nitrogens with zero attached hydrogens (tertiary/aromatic N) is 2. The van der Waals surface area contributed by atoms with Gasteiger partial charge in [0.05, 0.1) is 5.75 Å². The van der Waals surface area contributed by atoms with E-state index in [-0.39, 0.29) is 5.75 Å². The number of nitrogens with one attached hydrogen (secondary N) is 2. The van der Waals surface area contributed by atoms with Gasteiger partial charge in [0.2, 0.25) is 0 Å². The summed E-state index contributed by atoms with van der Waals surface area (Å²) in [6.45, 7) is 7.38. The minimum atomic E-state index is -2.90. The highest BCUT2D eigenvalue weighted by molar-refractivity contribution is 7.90. The van der Waals surface area contributed by atoms with E-state index < -0.39 is 9.84 Å². The predicted octanol–water partition coefficient (Wildman–Crippen LogP) is 1.42. The predicted molar refractivity (Wildman–Crippen MR) is 103 cm³/mol. The topological polar surface area (TPSA) is 73.8 Å². The first-order valence-electron chi connectivity index (χ1n) is 8.29. The van der Waals surface area contributed by atoms with Crippen LogP contribution in [0.25, 0.3) is 0 Å². The summed E-state index contributed by atoms with van der Waals surface area (Å²) in [5.41, 5.74) is 2.47. The normalized spacial score (nSPS) is 12.1. The third-order valence-corrected chi connectivity index (χ3v) is 4.66. The summed E-state index contributed by atoms with van der Waals surface area (Å²) in [6.07, 6.45) is 1.83. The highest BCUT2D eigenvalue weighted by Gasteiger charge is 2.05. The number of guanidine groups is 1. The first-order chi connectivity index (χ1) is 11.4. The van der Waals surface area contributed by atoms with Crippen molar-refractivity contribution in [2.24, 2.45) is 4.99 Å². The number of aliphatic imine (C=N–C) groups is 1. The monoisotopic (exact) mass is 354 g/mol. The minimum absolute atomic E-state index is 0.188. The first-order valence-corrected chi connectivity index (χ1v) is 10.4. The summed E-state index contributed by atoms with van der Waals surface area (Å²) in [6, 6.07) is 8.47. The van der Waals surface area contributed by atoms with Crippen molar-refractivity contribution in [2.75, 3.05) is 50.1 Å². The zero-order chi connectivity index (χ0) is 18.0. The molecule has 1 aromatic carbocycles. The molecule has 0 unspecified atom stereocenters. The summed E-state index contributed by atoms with van der Waals surface area (Å²) in [5.74, 6) is 0.886. The van der Waals surface area contributed by atoms with Crippen molar-refractivity contribution in [1.29, 1.82) is 0 Å². The van der Waals surface area contributed by atoms with Crippen LogP contribution >= 0.6 is 0 Å². The third kappa shape index (κ3) is 8.19. The van der Waals surface area contributed by atoms with E-state index in [0.717, 1.165) is 19.6 Å². The zero-order valence-electron chi connectivity index (χ0n) is 15.2. The van der Waals surface area contributed by atoms with Gasteiger partial charge in [0, 0.05) is 45.2 Å². The van der Waals surface area contributed by atoms with Gasteiger partial charge in [-0.05, 0) is 38.0 Å². The van der Waals surface area contributed by atoms with Gasteiger partial charge in [0.25, 0.3) is 0 Å². The molecular formula is C17H30N4O2S. The van der Waals surface area contributed by atoms with Gasteiger partial charge in [-0.15, -0.1) is 0 Å². The van der Waals surface area contributed by atoms with Crippen LogP contribution in [0.2, 0.25) is 0 Å². The Balaban J connectivity index is 2.37. The second-order valence-corrected chi connectivity index (χ2v) is 8.09. The van der Waals surface area contributed by atoms with Crippen molar-refractivity contribution >= 4 is 21.5 Å². The largest absolute Gasteiger partial charge is 0.370 e. The van der Waals surface area contributed by atoms with Crippen molar-refractivity contribution in [3.63, 3.8) is 0 Å². The van der Waals surface area contributed by atoms with Crippen molar-refractivity contribution < 1.29 is 8.42 Å². The number of anilines is 1. The summed E-state index contributed by atoms with van der Waals surface area (Å²) in [7, 11) is -1.19. The third-order valence-electron chi connectivity index (χ3n) is 3.63. The number of likely N-dealkylation sites (N-methyl/N-ethyl adjacent to an activating group) is 1. The van der Waals surface area contributed by atoms with Crippen LogP contribution in [0.15, 0.2) is 29.3 Å². The summed E-state index contributed by atoms with van der Waals surface area (Å²) in [4.78, 5) is 6.46. The van der Waals surface area contributed by atoms with Gasteiger partial charge in [-0.3, -0.25) is 4.99 Å². The van der Waals surface area contributed by atoms with Crippen molar-refractivity contribution in [2.45, 2.75) is 20.3 Å². The van der Waals surface area contributed by atoms with Gasteiger partial charge in [-0.25, -0.2) is 8.42 Å². The van der Waals surface area contributed by atoms with Crippen LogP contribution in [-0.4, -0.2) is 59.6 Å². The molecule has 0 saturated carbocycles. The van der Waals surface area contributed by atoms with E-state index >= 15 is 0 Å².